The van der Waals surface area contributed by atoms with Crippen LogP contribution in [-0.2, 0) is 4.79 Å². The number of fused-ring (bicyclic) bond motifs is 1. The third kappa shape index (κ3) is 2.59. The van der Waals surface area contributed by atoms with E-state index >= 15 is 0 Å². The highest BCUT2D eigenvalue weighted by atomic mass is 16.6. The summed E-state index contributed by atoms with van der Waals surface area (Å²) in [5.74, 6) is 0.369. The maximum atomic E-state index is 11.8. The van der Waals surface area contributed by atoms with Crippen LogP contribution < -0.4 is 10.1 Å². The summed E-state index contributed by atoms with van der Waals surface area (Å²) in [7, 11) is 0. The fourth-order valence-electron chi connectivity index (χ4n) is 1.76. The molecular weight excluding hydrogens is 258 g/mol. The number of carbonyl (C=O) groups excluding carboxylic acids is 1. The van der Waals surface area contributed by atoms with E-state index in [0.717, 1.165) is 0 Å². The minimum absolute atomic E-state index is 0.0777. The number of nitrogens with one attached hydrogen (secondary N) is 1. The number of amides is 1. The van der Waals surface area contributed by atoms with Crippen LogP contribution in [0.3, 0.4) is 0 Å². The van der Waals surface area contributed by atoms with Crippen LogP contribution in [0, 0.1) is 0 Å². The van der Waals surface area contributed by atoms with Crippen molar-refractivity contribution in [2.24, 2.45) is 0 Å². The summed E-state index contributed by atoms with van der Waals surface area (Å²) in [5.41, 5.74) is 1.65. The topological polar surface area (TPSA) is 77.2 Å². The lowest BCUT2D eigenvalue weighted by molar-refractivity contribution is -0.118. The molecule has 0 aliphatic rings. The van der Waals surface area contributed by atoms with Gasteiger partial charge in [0.15, 0.2) is 12.1 Å². The molecule has 0 radical (unpaired) electrons. The van der Waals surface area contributed by atoms with Crippen LogP contribution in [0.2, 0.25) is 0 Å². The Morgan fingerprint density at radius 1 is 1.10 bits per heavy atom. The quantitative estimate of drug-likeness (QED) is 0.786. The van der Waals surface area contributed by atoms with Crippen molar-refractivity contribution in [2.45, 2.75) is 0 Å². The number of ether oxygens (including phenoxy) is 1. The van der Waals surface area contributed by atoms with Crippen LogP contribution in [0.1, 0.15) is 0 Å². The first-order valence-corrected chi connectivity index (χ1v) is 6.02. The molecule has 0 fully saturated rings. The van der Waals surface area contributed by atoms with E-state index in [1.54, 1.807) is 30.3 Å². The summed E-state index contributed by atoms with van der Waals surface area (Å²) in [6.07, 6.45) is 0. The first-order chi connectivity index (χ1) is 9.83. The second kappa shape index (κ2) is 5.40. The Bertz CT molecular complexity index is 725. The number of hydrogen-bond acceptors (Lipinski definition) is 5. The minimum Gasteiger partial charge on any atom is -0.484 e. The lowest BCUT2D eigenvalue weighted by Crippen LogP contribution is -2.20. The molecule has 1 aromatic heterocycles. The molecule has 0 atom stereocenters. The van der Waals surface area contributed by atoms with Crippen molar-refractivity contribution in [1.82, 2.24) is 10.3 Å². The molecule has 0 saturated carbocycles. The third-order valence-electron chi connectivity index (χ3n) is 2.67. The number of aromatic nitrogens is 2. The van der Waals surface area contributed by atoms with Gasteiger partial charge in [0.2, 0.25) is 0 Å². The highest BCUT2D eigenvalue weighted by Crippen LogP contribution is 2.19. The molecule has 1 heterocycles. The fraction of sp³-hybridized carbons (Fsp3) is 0.0714. The maximum Gasteiger partial charge on any atom is 0.262 e. The fourth-order valence-corrected chi connectivity index (χ4v) is 1.76. The Balaban J connectivity index is 1.66. The van der Waals surface area contributed by atoms with Gasteiger partial charge in [0.05, 0.1) is 5.69 Å². The Morgan fingerprint density at radius 3 is 2.80 bits per heavy atom. The zero-order valence-corrected chi connectivity index (χ0v) is 10.4. The van der Waals surface area contributed by atoms with Crippen LogP contribution >= 0.6 is 0 Å². The molecule has 6 heteroatoms. The van der Waals surface area contributed by atoms with E-state index < -0.39 is 0 Å². The van der Waals surface area contributed by atoms with E-state index in [2.05, 4.69) is 20.3 Å². The second-order valence-electron chi connectivity index (χ2n) is 4.09. The molecule has 1 amide bonds. The van der Waals surface area contributed by atoms with Gasteiger partial charge in [-0.1, -0.05) is 24.3 Å². The molecule has 6 nitrogen and oxygen atoms in total. The Kier molecular flexibility index (Phi) is 3.28. The van der Waals surface area contributed by atoms with Crippen molar-refractivity contribution in [3.05, 3.63) is 48.5 Å². The first kappa shape index (κ1) is 12.2. The monoisotopic (exact) mass is 269 g/mol. The van der Waals surface area contributed by atoms with E-state index in [1.165, 1.54) is 0 Å². The number of carbonyl (C=O) groups is 1. The van der Waals surface area contributed by atoms with E-state index in [0.29, 0.717) is 22.5 Å². The summed E-state index contributed by atoms with van der Waals surface area (Å²) >= 11 is 0. The van der Waals surface area contributed by atoms with E-state index in [1.807, 2.05) is 18.2 Å². The first-order valence-electron chi connectivity index (χ1n) is 6.02. The van der Waals surface area contributed by atoms with Crippen molar-refractivity contribution in [3.8, 4) is 5.75 Å². The highest BCUT2D eigenvalue weighted by Gasteiger charge is 2.09. The molecule has 100 valence electrons. The highest BCUT2D eigenvalue weighted by molar-refractivity contribution is 5.99. The van der Waals surface area contributed by atoms with Gasteiger partial charge in [-0.05, 0) is 34.6 Å². The predicted octanol–water partition coefficient (Wildman–Crippen LogP) is 2.24. The molecular formula is C14H11N3O3. The lowest BCUT2D eigenvalue weighted by Gasteiger charge is -2.07. The zero-order valence-electron chi connectivity index (χ0n) is 10.4. The molecule has 0 unspecified atom stereocenters. The predicted molar refractivity (Wildman–Crippen MR) is 72.4 cm³/mol. The summed E-state index contributed by atoms with van der Waals surface area (Å²) in [6, 6.07) is 14.4. The van der Waals surface area contributed by atoms with Crippen molar-refractivity contribution in [2.75, 3.05) is 11.9 Å². The van der Waals surface area contributed by atoms with Gasteiger partial charge >= 0.3 is 0 Å². The molecule has 3 rings (SSSR count). The summed E-state index contributed by atoms with van der Waals surface area (Å²) < 4.78 is 10.00. The summed E-state index contributed by atoms with van der Waals surface area (Å²) in [4.78, 5) is 11.8. The molecule has 0 aliphatic heterocycles. The summed E-state index contributed by atoms with van der Waals surface area (Å²) in [5, 5.41) is 10.2. The van der Waals surface area contributed by atoms with Crippen molar-refractivity contribution in [3.63, 3.8) is 0 Å². The average Bonchev–Trinajstić information content (AvgIpc) is 2.96. The number of rotatable bonds is 4. The standard InChI is InChI=1S/C14H11N3O3/c18-13(9-19-10-5-2-1-3-6-10)15-11-7-4-8-12-14(11)17-20-16-12/h1-8H,9H2,(H,15,18). The molecule has 2 aromatic carbocycles. The molecule has 0 saturated heterocycles. The van der Waals surface area contributed by atoms with Gasteiger partial charge in [-0.25, -0.2) is 4.63 Å². The van der Waals surface area contributed by atoms with Gasteiger partial charge in [0.1, 0.15) is 11.3 Å². The lowest BCUT2D eigenvalue weighted by atomic mass is 10.2. The van der Waals surface area contributed by atoms with Gasteiger partial charge < -0.3 is 10.1 Å². The smallest absolute Gasteiger partial charge is 0.262 e. The Hall–Kier alpha value is -2.89. The molecule has 0 bridgehead atoms. The molecule has 20 heavy (non-hydrogen) atoms. The maximum absolute atomic E-state index is 11.8. The Morgan fingerprint density at radius 2 is 1.95 bits per heavy atom. The average molecular weight is 269 g/mol. The Labute approximate surface area is 114 Å². The minimum atomic E-state index is -0.274. The van der Waals surface area contributed by atoms with E-state index in [4.69, 9.17) is 4.74 Å². The van der Waals surface area contributed by atoms with Crippen LogP contribution in [0.15, 0.2) is 53.2 Å². The van der Waals surface area contributed by atoms with Gasteiger partial charge in [-0.2, -0.15) is 0 Å². The van der Waals surface area contributed by atoms with Crippen LogP contribution in [-0.4, -0.2) is 22.8 Å². The zero-order chi connectivity index (χ0) is 13.8. The van der Waals surface area contributed by atoms with Gasteiger partial charge in [0.25, 0.3) is 5.91 Å². The molecule has 0 aliphatic carbocycles. The van der Waals surface area contributed by atoms with Crippen molar-refractivity contribution in [1.29, 1.82) is 0 Å². The molecule has 1 N–H and O–H groups in total. The molecule has 3 aromatic rings. The number of hydrogen-bond donors (Lipinski definition) is 1. The van der Waals surface area contributed by atoms with Crippen molar-refractivity contribution >= 4 is 22.6 Å². The largest absolute Gasteiger partial charge is 0.484 e. The van der Waals surface area contributed by atoms with Gasteiger partial charge in [0, 0.05) is 0 Å². The SMILES string of the molecule is O=C(COc1ccccc1)Nc1cccc2nonc12. The number of benzene rings is 2. The van der Waals surface area contributed by atoms with Gasteiger partial charge in [-0.3, -0.25) is 4.79 Å². The van der Waals surface area contributed by atoms with Crippen LogP contribution in [0.25, 0.3) is 11.0 Å². The number of anilines is 1. The van der Waals surface area contributed by atoms with Gasteiger partial charge in [-0.15, -0.1) is 0 Å². The third-order valence-corrected chi connectivity index (χ3v) is 2.67. The van der Waals surface area contributed by atoms with Crippen LogP contribution in [0.5, 0.6) is 5.75 Å². The number of nitrogens with zero attached hydrogens (tertiary/aromatic N) is 2. The normalized spacial score (nSPS) is 10.4. The van der Waals surface area contributed by atoms with E-state index in [9.17, 15) is 4.79 Å². The summed E-state index contributed by atoms with van der Waals surface area (Å²) in [6.45, 7) is -0.0777. The van der Waals surface area contributed by atoms with Crippen LogP contribution in [0.4, 0.5) is 5.69 Å². The second-order valence-corrected chi connectivity index (χ2v) is 4.09. The number of para-hydroxylation sites is 1. The van der Waals surface area contributed by atoms with E-state index in [-0.39, 0.29) is 12.5 Å². The van der Waals surface area contributed by atoms with Crippen molar-refractivity contribution < 1.29 is 14.2 Å². The molecule has 0 spiro atoms.